The van der Waals surface area contributed by atoms with Crippen molar-refractivity contribution in [2.24, 2.45) is 0 Å². The fourth-order valence-corrected chi connectivity index (χ4v) is 1.18. The molecule has 0 aliphatic rings. The summed E-state index contributed by atoms with van der Waals surface area (Å²) in [7, 11) is -1.94. The van der Waals surface area contributed by atoms with Gasteiger partial charge in [0.25, 0.3) is 0 Å². The van der Waals surface area contributed by atoms with E-state index in [9.17, 15) is 12.3 Å². The third-order valence-corrected chi connectivity index (χ3v) is 2.17. The molecule has 0 aliphatic heterocycles. The molecule has 0 aliphatic carbocycles. The number of methoxy groups -OCH3 is 2. The molecule has 6 heteroatoms. The number of rotatable bonds is 5. The lowest BCUT2D eigenvalue weighted by atomic mass is 10.5. The minimum absolute atomic E-state index is 0.188. The van der Waals surface area contributed by atoms with Gasteiger partial charge in [-0.1, -0.05) is 0 Å². The van der Waals surface area contributed by atoms with Gasteiger partial charge in [0.2, 0.25) is 0 Å². The molecule has 68 valence electrons. The maximum Gasteiger partial charge on any atom is 0.309 e. The number of ether oxygens (including phenoxy) is 2. The van der Waals surface area contributed by atoms with Crippen LogP contribution >= 0.6 is 0 Å². The van der Waals surface area contributed by atoms with Crippen molar-refractivity contribution in [3.05, 3.63) is 0 Å². The van der Waals surface area contributed by atoms with E-state index in [0.29, 0.717) is 0 Å². The SMILES string of the molecule is COCC(COC)S(=O)(=O)F. The summed E-state index contributed by atoms with van der Waals surface area (Å²) in [6.07, 6.45) is 0. The Hall–Kier alpha value is -0.200. The van der Waals surface area contributed by atoms with Gasteiger partial charge in [-0.05, 0) is 0 Å². The summed E-state index contributed by atoms with van der Waals surface area (Å²) >= 11 is 0. The van der Waals surface area contributed by atoms with Gasteiger partial charge in [0, 0.05) is 14.2 Å². The van der Waals surface area contributed by atoms with Gasteiger partial charge < -0.3 is 9.47 Å². The first kappa shape index (κ1) is 10.8. The summed E-state index contributed by atoms with van der Waals surface area (Å²) in [4.78, 5) is 0. The molecule has 0 saturated carbocycles. The Morgan fingerprint density at radius 2 is 1.64 bits per heavy atom. The molecule has 11 heavy (non-hydrogen) atoms. The molecule has 0 bridgehead atoms. The van der Waals surface area contributed by atoms with Crippen molar-refractivity contribution in [2.45, 2.75) is 5.25 Å². The second kappa shape index (κ2) is 4.63. The van der Waals surface area contributed by atoms with Crippen LogP contribution in [0.2, 0.25) is 0 Å². The highest BCUT2D eigenvalue weighted by molar-refractivity contribution is 7.87. The lowest BCUT2D eigenvalue weighted by Gasteiger charge is -2.09. The number of halogens is 1. The van der Waals surface area contributed by atoms with Crippen LogP contribution < -0.4 is 0 Å². The van der Waals surface area contributed by atoms with Gasteiger partial charge in [-0.2, -0.15) is 8.42 Å². The topological polar surface area (TPSA) is 52.6 Å². The minimum atomic E-state index is -4.54. The smallest absolute Gasteiger partial charge is 0.309 e. The molecule has 4 nitrogen and oxygen atoms in total. The molecule has 0 saturated heterocycles. The van der Waals surface area contributed by atoms with Crippen molar-refractivity contribution < 1.29 is 21.8 Å². The van der Waals surface area contributed by atoms with Crippen molar-refractivity contribution in [3.8, 4) is 0 Å². The van der Waals surface area contributed by atoms with Crippen molar-refractivity contribution >= 4 is 10.2 Å². The van der Waals surface area contributed by atoms with Crippen LogP contribution in [0.25, 0.3) is 0 Å². The summed E-state index contributed by atoms with van der Waals surface area (Å²) in [6.45, 7) is -0.376. The van der Waals surface area contributed by atoms with E-state index in [0.717, 1.165) is 0 Å². The fourth-order valence-electron chi connectivity index (χ4n) is 0.582. The Kier molecular flexibility index (Phi) is 4.55. The highest BCUT2D eigenvalue weighted by Crippen LogP contribution is 2.04. The Morgan fingerprint density at radius 1 is 1.27 bits per heavy atom. The van der Waals surface area contributed by atoms with Crippen LogP contribution in [-0.2, 0) is 19.7 Å². The van der Waals surface area contributed by atoms with Crippen molar-refractivity contribution in [3.63, 3.8) is 0 Å². The van der Waals surface area contributed by atoms with Gasteiger partial charge in [-0.3, -0.25) is 0 Å². The average molecular weight is 186 g/mol. The number of hydrogen-bond acceptors (Lipinski definition) is 4. The van der Waals surface area contributed by atoms with Gasteiger partial charge >= 0.3 is 10.2 Å². The van der Waals surface area contributed by atoms with Gasteiger partial charge in [0.1, 0.15) is 5.25 Å². The largest absolute Gasteiger partial charge is 0.383 e. The second-order valence-electron chi connectivity index (χ2n) is 2.01. The maximum atomic E-state index is 12.2. The first-order valence-electron chi connectivity index (χ1n) is 2.93. The highest BCUT2D eigenvalue weighted by atomic mass is 32.3. The highest BCUT2D eigenvalue weighted by Gasteiger charge is 2.24. The zero-order valence-electron chi connectivity index (χ0n) is 6.41. The van der Waals surface area contributed by atoms with E-state index in [-0.39, 0.29) is 13.2 Å². The standard InChI is InChI=1S/C5H11FO4S/c1-9-3-5(4-10-2)11(6,7)8/h5H,3-4H2,1-2H3. The molecule has 0 spiro atoms. The lowest BCUT2D eigenvalue weighted by Crippen LogP contribution is -2.27. The van der Waals surface area contributed by atoms with E-state index in [2.05, 4.69) is 9.47 Å². The first-order valence-corrected chi connectivity index (χ1v) is 4.38. The van der Waals surface area contributed by atoms with Crippen molar-refractivity contribution in [1.82, 2.24) is 0 Å². The molecule has 0 atom stereocenters. The van der Waals surface area contributed by atoms with Gasteiger partial charge in [-0.25, -0.2) is 0 Å². The van der Waals surface area contributed by atoms with E-state index in [1.54, 1.807) is 0 Å². The predicted molar refractivity (Wildman–Crippen MR) is 37.6 cm³/mol. The molecule has 0 fully saturated rings. The van der Waals surface area contributed by atoms with Crippen molar-refractivity contribution in [1.29, 1.82) is 0 Å². The molecule has 0 amide bonds. The summed E-state index contributed by atoms with van der Waals surface area (Å²) in [5, 5.41) is -1.21. The summed E-state index contributed by atoms with van der Waals surface area (Å²) in [6, 6.07) is 0. The third-order valence-electron chi connectivity index (χ3n) is 1.10. The van der Waals surface area contributed by atoms with Gasteiger partial charge in [0.05, 0.1) is 13.2 Å². The predicted octanol–water partition coefficient (Wildman–Crippen LogP) is -0.0529. The number of hydrogen-bond donors (Lipinski definition) is 0. The van der Waals surface area contributed by atoms with E-state index >= 15 is 0 Å². The van der Waals surface area contributed by atoms with Gasteiger partial charge in [-0.15, -0.1) is 3.89 Å². The second-order valence-corrected chi connectivity index (χ2v) is 3.63. The normalized spacial score (nSPS) is 12.4. The van der Waals surface area contributed by atoms with Crippen LogP contribution in [0.3, 0.4) is 0 Å². The Balaban J connectivity index is 4.11. The fraction of sp³-hybridized carbons (Fsp3) is 1.00. The summed E-state index contributed by atoms with van der Waals surface area (Å²) in [5.41, 5.74) is 0. The molecular weight excluding hydrogens is 175 g/mol. The van der Waals surface area contributed by atoms with Crippen molar-refractivity contribution in [2.75, 3.05) is 27.4 Å². The van der Waals surface area contributed by atoms with Crippen LogP contribution in [0.4, 0.5) is 3.89 Å². The summed E-state index contributed by atoms with van der Waals surface area (Å²) in [5.74, 6) is 0. The zero-order chi connectivity index (χ0) is 8.91. The third kappa shape index (κ3) is 4.28. The molecule has 0 N–H and O–H groups in total. The Morgan fingerprint density at radius 3 is 1.82 bits per heavy atom. The van der Waals surface area contributed by atoms with Gasteiger partial charge in [0.15, 0.2) is 0 Å². The van der Waals surface area contributed by atoms with Crippen LogP contribution in [-0.4, -0.2) is 41.1 Å². The zero-order valence-corrected chi connectivity index (χ0v) is 7.23. The average Bonchev–Trinajstić information content (AvgIpc) is 1.85. The minimum Gasteiger partial charge on any atom is -0.383 e. The monoisotopic (exact) mass is 186 g/mol. The molecule has 0 rings (SSSR count). The van der Waals surface area contributed by atoms with E-state index < -0.39 is 15.5 Å². The molecule has 0 aromatic carbocycles. The molecular formula is C5H11FO4S. The molecule has 0 aromatic rings. The van der Waals surface area contributed by atoms with Crippen LogP contribution in [0.1, 0.15) is 0 Å². The van der Waals surface area contributed by atoms with Crippen LogP contribution in [0.15, 0.2) is 0 Å². The quantitative estimate of drug-likeness (QED) is 0.565. The molecule has 0 heterocycles. The molecule has 0 unspecified atom stereocenters. The Labute approximate surface area is 65.5 Å². The molecule has 0 aromatic heterocycles. The lowest BCUT2D eigenvalue weighted by molar-refractivity contribution is 0.139. The first-order chi connectivity index (χ1) is 5.02. The van der Waals surface area contributed by atoms with E-state index in [1.807, 2.05) is 0 Å². The van der Waals surface area contributed by atoms with E-state index in [1.165, 1.54) is 14.2 Å². The Bertz CT molecular complexity index is 183. The molecule has 0 radical (unpaired) electrons. The van der Waals surface area contributed by atoms with Crippen LogP contribution in [0, 0.1) is 0 Å². The summed E-state index contributed by atoms with van der Waals surface area (Å²) < 4.78 is 41.8. The maximum absolute atomic E-state index is 12.2. The van der Waals surface area contributed by atoms with Crippen LogP contribution in [0.5, 0.6) is 0 Å². The van der Waals surface area contributed by atoms with E-state index in [4.69, 9.17) is 0 Å².